The summed E-state index contributed by atoms with van der Waals surface area (Å²) in [7, 11) is 2.21. The molecule has 1 N–H and O–H groups in total. The molecule has 0 aromatic carbocycles. The molecule has 1 saturated heterocycles. The summed E-state index contributed by atoms with van der Waals surface area (Å²) in [5, 5.41) is 3.47. The van der Waals surface area contributed by atoms with Gasteiger partial charge in [0, 0.05) is 24.3 Å². The zero-order valence-corrected chi connectivity index (χ0v) is 10.9. The highest BCUT2D eigenvalue weighted by atomic mass is 15.2. The average Bonchev–Trinajstić information content (AvgIpc) is 2.76. The summed E-state index contributed by atoms with van der Waals surface area (Å²) < 4.78 is 0. The van der Waals surface area contributed by atoms with E-state index in [1.54, 1.807) is 0 Å². The molecule has 94 valence electrons. The summed E-state index contributed by atoms with van der Waals surface area (Å²) >= 11 is 0. The first-order valence-corrected chi connectivity index (χ1v) is 6.72. The first-order chi connectivity index (χ1) is 8.33. The van der Waals surface area contributed by atoms with Gasteiger partial charge in [-0.3, -0.25) is 4.90 Å². The van der Waals surface area contributed by atoms with Crippen molar-refractivity contribution in [2.45, 2.75) is 38.6 Å². The Labute approximate surface area is 104 Å². The summed E-state index contributed by atoms with van der Waals surface area (Å²) in [6, 6.07) is 4.81. The standard InChI is InChI=1S/C14H23N3/c1-3-4-9-15-14-12(7-5-10-16-14)13-8-6-11-17(13)2/h5,7,10,13H,3-4,6,8-9,11H2,1-2H3,(H,15,16). The molecule has 1 aliphatic rings. The van der Waals surface area contributed by atoms with E-state index in [1.165, 1.54) is 37.8 Å². The fraction of sp³-hybridized carbons (Fsp3) is 0.643. The lowest BCUT2D eigenvalue weighted by Crippen LogP contribution is -2.19. The zero-order chi connectivity index (χ0) is 12.1. The van der Waals surface area contributed by atoms with Crippen molar-refractivity contribution >= 4 is 5.82 Å². The van der Waals surface area contributed by atoms with E-state index in [9.17, 15) is 0 Å². The van der Waals surface area contributed by atoms with Crippen LogP contribution in [0.3, 0.4) is 0 Å². The lowest BCUT2D eigenvalue weighted by molar-refractivity contribution is 0.317. The molecular weight excluding hydrogens is 210 g/mol. The predicted octanol–water partition coefficient (Wildman–Crippen LogP) is 3.06. The van der Waals surface area contributed by atoms with Crippen molar-refractivity contribution in [3.8, 4) is 0 Å². The van der Waals surface area contributed by atoms with Crippen molar-refractivity contribution in [2.24, 2.45) is 0 Å². The van der Waals surface area contributed by atoms with Gasteiger partial charge in [0.2, 0.25) is 0 Å². The number of nitrogens with zero attached hydrogens (tertiary/aromatic N) is 2. The van der Waals surface area contributed by atoms with Crippen molar-refractivity contribution in [2.75, 3.05) is 25.5 Å². The van der Waals surface area contributed by atoms with Crippen molar-refractivity contribution < 1.29 is 0 Å². The maximum atomic E-state index is 4.49. The largest absolute Gasteiger partial charge is 0.370 e. The molecule has 0 saturated carbocycles. The molecule has 0 radical (unpaired) electrons. The number of pyridine rings is 1. The molecular formula is C14H23N3. The minimum absolute atomic E-state index is 0.549. The summed E-state index contributed by atoms with van der Waals surface area (Å²) in [4.78, 5) is 6.92. The van der Waals surface area contributed by atoms with Gasteiger partial charge < -0.3 is 5.32 Å². The highest BCUT2D eigenvalue weighted by molar-refractivity contribution is 5.45. The molecule has 2 heterocycles. The molecule has 0 bridgehead atoms. The van der Waals surface area contributed by atoms with E-state index in [0.29, 0.717) is 6.04 Å². The normalized spacial score (nSPS) is 20.7. The number of anilines is 1. The number of likely N-dealkylation sites (tertiary alicyclic amines) is 1. The second kappa shape index (κ2) is 6.01. The topological polar surface area (TPSA) is 28.2 Å². The molecule has 1 aliphatic heterocycles. The van der Waals surface area contributed by atoms with E-state index in [1.807, 2.05) is 12.3 Å². The molecule has 2 rings (SSSR count). The molecule has 1 aromatic rings. The van der Waals surface area contributed by atoms with Crippen molar-refractivity contribution in [1.29, 1.82) is 0 Å². The number of rotatable bonds is 5. The van der Waals surface area contributed by atoms with Gasteiger partial charge in [0.1, 0.15) is 5.82 Å². The molecule has 1 fully saturated rings. The van der Waals surface area contributed by atoms with E-state index in [4.69, 9.17) is 0 Å². The third-order valence-electron chi connectivity index (χ3n) is 3.54. The minimum atomic E-state index is 0.549. The number of aromatic nitrogens is 1. The fourth-order valence-electron chi connectivity index (χ4n) is 2.52. The van der Waals surface area contributed by atoms with Gasteiger partial charge in [0.05, 0.1) is 0 Å². The Morgan fingerprint density at radius 3 is 3.12 bits per heavy atom. The van der Waals surface area contributed by atoms with Crippen LogP contribution in [0.1, 0.15) is 44.2 Å². The molecule has 1 aromatic heterocycles. The van der Waals surface area contributed by atoms with Crippen LogP contribution in [0.25, 0.3) is 0 Å². The quantitative estimate of drug-likeness (QED) is 0.792. The van der Waals surface area contributed by atoms with Gasteiger partial charge in [0.25, 0.3) is 0 Å². The van der Waals surface area contributed by atoms with Crippen LogP contribution in [0.2, 0.25) is 0 Å². The third kappa shape index (κ3) is 2.97. The van der Waals surface area contributed by atoms with Crippen LogP contribution in [0.15, 0.2) is 18.3 Å². The van der Waals surface area contributed by atoms with Gasteiger partial charge in [-0.05, 0) is 38.9 Å². The summed E-state index contributed by atoms with van der Waals surface area (Å²) in [5.74, 6) is 1.08. The van der Waals surface area contributed by atoms with Gasteiger partial charge in [-0.1, -0.05) is 19.4 Å². The molecule has 0 aliphatic carbocycles. The van der Waals surface area contributed by atoms with Crippen LogP contribution in [0.5, 0.6) is 0 Å². The minimum Gasteiger partial charge on any atom is -0.370 e. The Bertz CT molecular complexity index is 351. The first-order valence-electron chi connectivity index (χ1n) is 6.72. The van der Waals surface area contributed by atoms with E-state index >= 15 is 0 Å². The number of hydrogen-bond donors (Lipinski definition) is 1. The van der Waals surface area contributed by atoms with Crippen LogP contribution in [0, 0.1) is 0 Å². The van der Waals surface area contributed by atoms with Crippen LogP contribution in [0.4, 0.5) is 5.82 Å². The first kappa shape index (κ1) is 12.4. The number of hydrogen-bond acceptors (Lipinski definition) is 3. The van der Waals surface area contributed by atoms with E-state index in [2.05, 4.69) is 35.2 Å². The summed E-state index contributed by atoms with van der Waals surface area (Å²) in [6.45, 7) is 4.44. The zero-order valence-electron chi connectivity index (χ0n) is 10.9. The highest BCUT2D eigenvalue weighted by Gasteiger charge is 2.24. The third-order valence-corrected chi connectivity index (χ3v) is 3.54. The van der Waals surface area contributed by atoms with E-state index in [-0.39, 0.29) is 0 Å². The molecule has 1 atom stereocenters. The molecule has 17 heavy (non-hydrogen) atoms. The highest BCUT2D eigenvalue weighted by Crippen LogP contribution is 2.33. The van der Waals surface area contributed by atoms with Gasteiger partial charge in [-0.2, -0.15) is 0 Å². The molecule has 1 unspecified atom stereocenters. The Morgan fingerprint density at radius 1 is 1.53 bits per heavy atom. The Hall–Kier alpha value is -1.09. The summed E-state index contributed by atoms with van der Waals surface area (Å²) in [5.41, 5.74) is 1.36. The lowest BCUT2D eigenvalue weighted by atomic mass is 10.1. The Morgan fingerprint density at radius 2 is 2.41 bits per heavy atom. The summed E-state index contributed by atoms with van der Waals surface area (Å²) in [6.07, 6.45) is 6.86. The van der Waals surface area contributed by atoms with Crippen molar-refractivity contribution in [1.82, 2.24) is 9.88 Å². The second-order valence-electron chi connectivity index (χ2n) is 4.86. The molecule has 3 nitrogen and oxygen atoms in total. The number of nitrogens with one attached hydrogen (secondary N) is 1. The van der Waals surface area contributed by atoms with E-state index < -0.39 is 0 Å². The Kier molecular flexibility index (Phi) is 4.37. The second-order valence-corrected chi connectivity index (χ2v) is 4.86. The molecule has 0 amide bonds. The van der Waals surface area contributed by atoms with E-state index in [0.717, 1.165) is 12.4 Å². The van der Waals surface area contributed by atoms with Gasteiger partial charge in [-0.25, -0.2) is 4.98 Å². The van der Waals surface area contributed by atoms with Gasteiger partial charge in [-0.15, -0.1) is 0 Å². The lowest BCUT2D eigenvalue weighted by Gasteiger charge is -2.22. The maximum Gasteiger partial charge on any atom is 0.130 e. The smallest absolute Gasteiger partial charge is 0.130 e. The van der Waals surface area contributed by atoms with Crippen molar-refractivity contribution in [3.63, 3.8) is 0 Å². The Balaban J connectivity index is 2.09. The van der Waals surface area contributed by atoms with Crippen LogP contribution >= 0.6 is 0 Å². The molecule has 0 spiro atoms. The SMILES string of the molecule is CCCCNc1ncccc1C1CCCN1C. The predicted molar refractivity (Wildman–Crippen MR) is 72.2 cm³/mol. The van der Waals surface area contributed by atoms with Crippen molar-refractivity contribution in [3.05, 3.63) is 23.9 Å². The average molecular weight is 233 g/mol. The monoisotopic (exact) mass is 233 g/mol. The van der Waals surface area contributed by atoms with Crippen LogP contribution < -0.4 is 5.32 Å². The molecule has 3 heteroatoms. The van der Waals surface area contributed by atoms with Gasteiger partial charge in [0.15, 0.2) is 0 Å². The van der Waals surface area contributed by atoms with Crippen LogP contribution in [-0.4, -0.2) is 30.0 Å². The van der Waals surface area contributed by atoms with Gasteiger partial charge >= 0.3 is 0 Å². The maximum absolute atomic E-state index is 4.49. The van der Waals surface area contributed by atoms with Crippen LogP contribution in [-0.2, 0) is 0 Å². The number of unbranched alkanes of at least 4 members (excludes halogenated alkanes) is 1. The fourth-order valence-corrected chi connectivity index (χ4v) is 2.52.